The highest BCUT2D eigenvalue weighted by Gasteiger charge is 2.58. The van der Waals surface area contributed by atoms with Crippen LogP contribution in [0.4, 0.5) is 0 Å². The Hall–Kier alpha value is -2.94. The molecule has 3 nitrogen and oxygen atoms in total. The van der Waals surface area contributed by atoms with Crippen LogP contribution in [0.2, 0.25) is 0 Å². The van der Waals surface area contributed by atoms with Crippen molar-refractivity contribution in [1.29, 1.82) is 0 Å². The molecule has 4 aliphatic carbocycles. The van der Waals surface area contributed by atoms with Gasteiger partial charge in [0.25, 0.3) is 0 Å². The number of fused-ring (bicyclic) bond motifs is 3. The lowest BCUT2D eigenvalue weighted by Gasteiger charge is -2.60. The largest absolute Gasteiger partial charge is 0.497 e. The molecule has 8 rings (SSSR count). The minimum Gasteiger partial charge on any atom is -0.497 e. The fraction of sp³-hybridized carbons (Fsp3) is 0.400. The normalized spacial score (nSPS) is 31.0. The van der Waals surface area contributed by atoms with Gasteiger partial charge in [0.2, 0.25) is 0 Å². The van der Waals surface area contributed by atoms with E-state index in [0.717, 1.165) is 34.5 Å². The summed E-state index contributed by atoms with van der Waals surface area (Å²) in [6.45, 7) is 0. The summed E-state index contributed by atoms with van der Waals surface area (Å²) in [5.41, 5.74) is 3.43. The Kier molecular flexibility index (Phi) is 4.16. The minimum absolute atomic E-state index is 0.127. The van der Waals surface area contributed by atoms with Crippen LogP contribution >= 0.6 is 0 Å². The number of benzene rings is 3. The van der Waals surface area contributed by atoms with Gasteiger partial charge in [-0.25, -0.2) is 0 Å². The smallest absolute Gasteiger partial charge is 0.135 e. The fourth-order valence-electron chi connectivity index (χ4n) is 7.56. The van der Waals surface area contributed by atoms with Crippen molar-refractivity contribution in [3.63, 3.8) is 0 Å². The average Bonchev–Trinajstić information content (AvgIpc) is 2.86. The van der Waals surface area contributed by atoms with Crippen molar-refractivity contribution < 1.29 is 14.2 Å². The van der Waals surface area contributed by atoms with Crippen LogP contribution in [0.1, 0.15) is 37.7 Å². The van der Waals surface area contributed by atoms with Crippen LogP contribution in [-0.4, -0.2) is 19.8 Å². The molecule has 4 saturated carbocycles. The lowest BCUT2D eigenvalue weighted by atomic mass is 9.49. The first kappa shape index (κ1) is 19.5. The average molecular weight is 439 g/mol. The van der Waals surface area contributed by atoms with Gasteiger partial charge in [0.05, 0.1) is 14.2 Å². The molecule has 5 aliphatic rings. The summed E-state index contributed by atoms with van der Waals surface area (Å²) in [7, 11) is 3.44. The summed E-state index contributed by atoms with van der Waals surface area (Å²) < 4.78 is 18.2. The van der Waals surface area contributed by atoms with Gasteiger partial charge in [-0.1, -0.05) is 18.2 Å². The van der Waals surface area contributed by atoms with E-state index in [0.29, 0.717) is 11.8 Å². The van der Waals surface area contributed by atoms with Gasteiger partial charge in [0, 0.05) is 22.8 Å². The van der Waals surface area contributed by atoms with Gasteiger partial charge < -0.3 is 14.2 Å². The van der Waals surface area contributed by atoms with Gasteiger partial charge in [-0.15, -0.1) is 0 Å². The molecule has 0 N–H and O–H groups in total. The van der Waals surface area contributed by atoms with Crippen molar-refractivity contribution in [2.45, 2.75) is 37.7 Å². The van der Waals surface area contributed by atoms with Crippen LogP contribution in [0.25, 0.3) is 28.0 Å². The molecule has 1 spiro atoms. The Morgan fingerprint density at radius 3 is 2.09 bits per heavy atom. The van der Waals surface area contributed by atoms with Crippen LogP contribution in [0.3, 0.4) is 0 Å². The van der Waals surface area contributed by atoms with Gasteiger partial charge in [-0.05, 0) is 103 Å². The highest BCUT2D eigenvalue weighted by molar-refractivity contribution is 6.03. The van der Waals surface area contributed by atoms with Crippen LogP contribution in [0, 0.1) is 23.7 Å². The van der Waals surface area contributed by atoms with Crippen molar-refractivity contribution in [3.05, 3.63) is 60.2 Å². The molecule has 0 unspecified atom stereocenters. The second kappa shape index (κ2) is 7.03. The van der Waals surface area contributed by atoms with E-state index in [4.69, 9.17) is 14.2 Å². The second-order valence-electron chi connectivity index (χ2n) is 10.6. The molecule has 0 aromatic heterocycles. The first-order chi connectivity index (χ1) is 16.2. The maximum atomic E-state index is 7.17. The molecule has 0 radical (unpaired) electrons. The topological polar surface area (TPSA) is 27.7 Å². The predicted molar refractivity (Wildman–Crippen MR) is 132 cm³/mol. The van der Waals surface area contributed by atoms with E-state index in [1.165, 1.54) is 54.2 Å². The Bertz CT molecular complexity index is 1240. The lowest BCUT2D eigenvalue weighted by Crippen LogP contribution is -2.60. The zero-order valence-electron chi connectivity index (χ0n) is 19.3. The molecule has 3 aromatic rings. The lowest BCUT2D eigenvalue weighted by molar-refractivity contribution is -0.127. The van der Waals surface area contributed by atoms with Gasteiger partial charge in [0.1, 0.15) is 22.8 Å². The van der Waals surface area contributed by atoms with Gasteiger partial charge in [0.15, 0.2) is 0 Å². The Balaban J connectivity index is 1.40. The number of rotatable bonds is 3. The summed E-state index contributed by atoms with van der Waals surface area (Å²) in [4.78, 5) is 0. The Morgan fingerprint density at radius 1 is 0.758 bits per heavy atom. The molecule has 3 heteroatoms. The monoisotopic (exact) mass is 438 g/mol. The molecule has 4 bridgehead atoms. The number of hydrogen-bond donors (Lipinski definition) is 0. The third kappa shape index (κ3) is 2.81. The van der Waals surface area contributed by atoms with Gasteiger partial charge >= 0.3 is 0 Å². The SMILES string of the molecule is COc1ccc(-c2cc3c(c4cc(OC)ccc24)OC2(C=C3)C3CC4CC(C3)CC2C4)cc1. The minimum atomic E-state index is -0.127. The van der Waals surface area contributed by atoms with Gasteiger partial charge in [-0.2, -0.15) is 0 Å². The van der Waals surface area contributed by atoms with E-state index in [9.17, 15) is 0 Å². The maximum absolute atomic E-state index is 7.17. The van der Waals surface area contributed by atoms with Crippen molar-refractivity contribution in [2.75, 3.05) is 14.2 Å². The maximum Gasteiger partial charge on any atom is 0.135 e. The zero-order chi connectivity index (χ0) is 22.2. The fourth-order valence-corrected chi connectivity index (χ4v) is 7.56. The molecule has 0 amide bonds. The van der Waals surface area contributed by atoms with Crippen LogP contribution in [-0.2, 0) is 0 Å². The van der Waals surface area contributed by atoms with E-state index in [-0.39, 0.29) is 5.60 Å². The van der Waals surface area contributed by atoms with Gasteiger partial charge in [-0.3, -0.25) is 0 Å². The number of hydrogen-bond acceptors (Lipinski definition) is 3. The summed E-state index contributed by atoms with van der Waals surface area (Å²) in [5.74, 6) is 5.93. The van der Waals surface area contributed by atoms with Crippen molar-refractivity contribution in [1.82, 2.24) is 0 Å². The zero-order valence-corrected chi connectivity index (χ0v) is 19.3. The molecule has 0 atom stereocenters. The first-order valence-electron chi connectivity index (χ1n) is 12.3. The van der Waals surface area contributed by atoms with E-state index >= 15 is 0 Å². The van der Waals surface area contributed by atoms with Crippen molar-refractivity contribution in [3.8, 4) is 28.4 Å². The standard InChI is InChI=1S/C30H30O3/c1-31-24-5-3-20(4-6-24)27-16-21-9-10-30(22-12-18-11-19(14-22)15-23(30)13-18)33-29(21)28-17-25(32-2)7-8-26(27)28/h3-10,16-19,22-23H,11-15H2,1-2H3. The van der Waals surface area contributed by atoms with E-state index in [1.807, 2.05) is 12.1 Å². The highest BCUT2D eigenvalue weighted by atomic mass is 16.5. The molecule has 1 heterocycles. The Labute approximate surface area is 195 Å². The van der Waals surface area contributed by atoms with E-state index in [1.54, 1.807) is 14.2 Å². The van der Waals surface area contributed by atoms with Crippen LogP contribution in [0.5, 0.6) is 17.2 Å². The second-order valence-corrected chi connectivity index (χ2v) is 10.6. The quantitative estimate of drug-likeness (QED) is 0.435. The Morgan fingerprint density at radius 2 is 1.42 bits per heavy atom. The van der Waals surface area contributed by atoms with Crippen molar-refractivity contribution >= 4 is 16.8 Å². The third-order valence-corrected chi connectivity index (χ3v) is 8.94. The molecular weight excluding hydrogens is 408 g/mol. The summed E-state index contributed by atoms with van der Waals surface area (Å²) >= 11 is 0. The molecule has 3 aromatic carbocycles. The van der Waals surface area contributed by atoms with E-state index in [2.05, 4.69) is 48.6 Å². The highest BCUT2D eigenvalue weighted by Crippen LogP contribution is 2.61. The third-order valence-electron chi connectivity index (χ3n) is 8.94. The number of methoxy groups -OCH3 is 2. The molecule has 0 saturated heterocycles. The molecule has 33 heavy (non-hydrogen) atoms. The predicted octanol–water partition coefficient (Wildman–Crippen LogP) is 7.12. The molecule has 4 fully saturated rings. The summed E-state index contributed by atoms with van der Waals surface area (Å²) in [6.07, 6.45) is 11.6. The molecule has 1 aliphatic heterocycles. The first-order valence-corrected chi connectivity index (χ1v) is 12.3. The summed E-state index contributed by atoms with van der Waals surface area (Å²) in [6, 6.07) is 17.0. The van der Waals surface area contributed by atoms with Crippen LogP contribution in [0.15, 0.2) is 54.6 Å². The van der Waals surface area contributed by atoms with Crippen molar-refractivity contribution in [2.24, 2.45) is 23.7 Å². The van der Waals surface area contributed by atoms with Crippen LogP contribution < -0.4 is 14.2 Å². The van der Waals surface area contributed by atoms with E-state index < -0.39 is 0 Å². The molecule has 168 valence electrons. The summed E-state index contributed by atoms with van der Waals surface area (Å²) in [5, 5.41) is 2.35. The number of ether oxygens (including phenoxy) is 3. The molecular formula is C30H30O3.